The Labute approximate surface area is 138 Å². The van der Waals surface area contributed by atoms with Crippen LogP contribution in [0.1, 0.15) is 41.0 Å². The fraction of sp³-hybridized carbons (Fsp3) is 0.556. The number of carbonyl (C=O) groups excluding carboxylic acids is 2. The quantitative estimate of drug-likeness (QED) is 0.782. The van der Waals surface area contributed by atoms with Crippen LogP contribution in [0.5, 0.6) is 0 Å². The van der Waals surface area contributed by atoms with E-state index in [-0.39, 0.29) is 17.9 Å². The average molecular weight is 320 g/mol. The molecule has 2 amide bonds. The van der Waals surface area contributed by atoms with Crippen molar-refractivity contribution in [2.24, 2.45) is 5.92 Å². The summed E-state index contributed by atoms with van der Waals surface area (Å²) in [5, 5.41) is 5.54. The van der Waals surface area contributed by atoms with Crippen molar-refractivity contribution in [1.29, 1.82) is 0 Å². The second-order valence-corrected chi connectivity index (χ2v) is 6.80. The zero-order valence-corrected chi connectivity index (χ0v) is 14.7. The van der Waals surface area contributed by atoms with Crippen molar-refractivity contribution in [2.45, 2.75) is 58.7 Å². The summed E-state index contributed by atoms with van der Waals surface area (Å²) in [6, 6.07) is -0.639. The van der Waals surface area contributed by atoms with E-state index >= 15 is 0 Å². The van der Waals surface area contributed by atoms with Gasteiger partial charge in [-0.2, -0.15) is 0 Å². The Balaban J connectivity index is 2.73. The highest BCUT2D eigenvalue weighted by Crippen LogP contribution is 2.25. The van der Waals surface area contributed by atoms with Gasteiger partial charge in [0.05, 0.1) is 0 Å². The van der Waals surface area contributed by atoms with Crippen molar-refractivity contribution in [3.05, 3.63) is 36.5 Å². The first-order valence-corrected chi connectivity index (χ1v) is 7.92. The van der Waals surface area contributed by atoms with Crippen LogP contribution in [0.25, 0.3) is 0 Å². The van der Waals surface area contributed by atoms with E-state index in [1.54, 1.807) is 20.8 Å². The molecule has 0 bridgehead atoms. The lowest BCUT2D eigenvalue weighted by molar-refractivity contribution is -0.126. The summed E-state index contributed by atoms with van der Waals surface area (Å²) in [4.78, 5) is 24.0. The molecule has 1 fully saturated rings. The summed E-state index contributed by atoms with van der Waals surface area (Å²) in [6.45, 7) is 13.3. The van der Waals surface area contributed by atoms with Crippen molar-refractivity contribution in [2.75, 3.05) is 0 Å². The van der Waals surface area contributed by atoms with Gasteiger partial charge in [-0.3, -0.25) is 4.79 Å². The monoisotopic (exact) mass is 320 g/mol. The van der Waals surface area contributed by atoms with Gasteiger partial charge in [0.1, 0.15) is 11.6 Å². The summed E-state index contributed by atoms with van der Waals surface area (Å²) in [7, 11) is 0. The van der Waals surface area contributed by atoms with E-state index in [0.29, 0.717) is 6.42 Å². The Hall–Kier alpha value is -2.04. The van der Waals surface area contributed by atoms with Crippen LogP contribution in [0.2, 0.25) is 0 Å². The molecule has 2 N–H and O–H groups in total. The zero-order chi connectivity index (χ0) is 17.6. The second-order valence-electron chi connectivity index (χ2n) is 6.80. The van der Waals surface area contributed by atoms with E-state index in [9.17, 15) is 9.59 Å². The third-order valence-corrected chi connectivity index (χ3v) is 3.56. The molecule has 0 radical (unpaired) electrons. The third-order valence-electron chi connectivity index (χ3n) is 3.56. The molecule has 5 nitrogen and oxygen atoms in total. The number of nitrogens with one attached hydrogen (secondary N) is 2. The highest BCUT2D eigenvalue weighted by Gasteiger charge is 2.35. The molecule has 1 saturated heterocycles. The van der Waals surface area contributed by atoms with Crippen molar-refractivity contribution in [3.8, 4) is 0 Å². The van der Waals surface area contributed by atoms with E-state index in [1.807, 2.05) is 38.2 Å². The fourth-order valence-corrected chi connectivity index (χ4v) is 2.45. The summed E-state index contributed by atoms with van der Waals surface area (Å²) >= 11 is 0. The summed E-state index contributed by atoms with van der Waals surface area (Å²) < 4.78 is 5.22. The number of hydrogen-bond acceptors (Lipinski definition) is 3. The van der Waals surface area contributed by atoms with Crippen LogP contribution >= 0.6 is 0 Å². The fourth-order valence-electron chi connectivity index (χ4n) is 2.45. The first-order chi connectivity index (χ1) is 10.6. The second kappa shape index (κ2) is 7.99. The molecule has 1 aliphatic rings. The lowest BCUT2D eigenvalue weighted by atomic mass is 9.83. The molecule has 0 saturated carbocycles. The van der Waals surface area contributed by atoms with Gasteiger partial charge in [-0.15, -0.1) is 0 Å². The summed E-state index contributed by atoms with van der Waals surface area (Å²) in [5.74, 6) is -0.126. The molecule has 0 aromatic carbocycles. The van der Waals surface area contributed by atoms with Crippen LogP contribution in [-0.4, -0.2) is 29.7 Å². The lowest BCUT2D eigenvalue weighted by Gasteiger charge is -2.35. The Bertz CT molecular complexity index is 515. The first kappa shape index (κ1) is 19.0. The number of allylic oxidation sites excluding steroid dienone is 4. The minimum Gasteiger partial charge on any atom is -0.444 e. The van der Waals surface area contributed by atoms with E-state index in [0.717, 1.165) is 5.57 Å². The van der Waals surface area contributed by atoms with Crippen LogP contribution in [0.3, 0.4) is 0 Å². The molecule has 128 valence electrons. The van der Waals surface area contributed by atoms with Crippen LogP contribution in [0.4, 0.5) is 4.79 Å². The highest BCUT2D eigenvalue weighted by molar-refractivity contribution is 5.86. The normalized spacial score (nSPS) is 25.4. The number of piperidine rings is 1. The van der Waals surface area contributed by atoms with Crippen molar-refractivity contribution in [1.82, 2.24) is 10.6 Å². The number of rotatable bonds is 4. The van der Waals surface area contributed by atoms with Gasteiger partial charge in [-0.05, 0) is 46.6 Å². The molecular formula is C18H28N2O3. The van der Waals surface area contributed by atoms with E-state index in [4.69, 9.17) is 4.74 Å². The van der Waals surface area contributed by atoms with Gasteiger partial charge in [-0.1, -0.05) is 30.9 Å². The number of amides is 2. The maximum Gasteiger partial charge on any atom is 0.408 e. The van der Waals surface area contributed by atoms with Gasteiger partial charge in [0.25, 0.3) is 0 Å². The Morgan fingerprint density at radius 3 is 2.61 bits per heavy atom. The standard InChI is InChI=1S/C18H28N2O3/c1-7-8-9-10-12(2)14-11-15(16(21)19-13(14)3)20-17(22)23-18(4,5)6/h7-10,13-15H,2,11H2,1,3-6H3,(H,19,21)(H,20,22)/b8-7-,10-9-/t13-,14-,15+/m0/s1. The number of hydrogen-bond donors (Lipinski definition) is 2. The van der Waals surface area contributed by atoms with E-state index in [2.05, 4.69) is 17.2 Å². The Morgan fingerprint density at radius 1 is 1.39 bits per heavy atom. The SMILES string of the molecule is C=C(/C=C\C=C/C)[C@@H]1C[C@@H](NC(=O)OC(C)(C)C)C(=O)N[C@H]1C. The average Bonchev–Trinajstić information content (AvgIpc) is 2.39. The van der Waals surface area contributed by atoms with Gasteiger partial charge in [0.2, 0.25) is 5.91 Å². The molecule has 0 aromatic rings. The van der Waals surface area contributed by atoms with Gasteiger partial charge < -0.3 is 15.4 Å². The Morgan fingerprint density at radius 2 is 2.04 bits per heavy atom. The predicted molar refractivity (Wildman–Crippen MR) is 92.0 cm³/mol. The lowest BCUT2D eigenvalue weighted by Crippen LogP contribution is -2.57. The summed E-state index contributed by atoms with van der Waals surface area (Å²) in [6.07, 6.45) is 7.63. The van der Waals surface area contributed by atoms with E-state index < -0.39 is 17.7 Å². The van der Waals surface area contributed by atoms with Crippen molar-refractivity contribution < 1.29 is 14.3 Å². The molecule has 23 heavy (non-hydrogen) atoms. The van der Waals surface area contributed by atoms with Gasteiger partial charge >= 0.3 is 6.09 Å². The molecule has 0 aromatic heterocycles. The molecule has 1 rings (SSSR count). The largest absolute Gasteiger partial charge is 0.444 e. The van der Waals surface area contributed by atoms with Crippen LogP contribution < -0.4 is 10.6 Å². The van der Waals surface area contributed by atoms with Crippen molar-refractivity contribution >= 4 is 12.0 Å². The first-order valence-electron chi connectivity index (χ1n) is 7.92. The molecule has 0 unspecified atom stereocenters. The number of ether oxygens (including phenoxy) is 1. The Kier molecular flexibility index (Phi) is 6.61. The predicted octanol–water partition coefficient (Wildman–Crippen LogP) is 3.09. The van der Waals surface area contributed by atoms with Gasteiger partial charge in [-0.25, -0.2) is 4.79 Å². The van der Waals surface area contributed by atoms with E-state index in [1.165, 1.54) is 0 Å². The topological polar surface area (TPSA) is 67.4 Å². The van der Waals surface area contributed by atoms with Crippen LogP contribution in [0, 0.1) is 5.92 Å². The number of alkyl carbamates (subject to hydrolysis) is 1. The molecule has 0 aliphatic carbocycles. The van der Waals surface area contributed by atoms with Crippen LogP contribution in [-0.2, 0) is 9.53 Å². The van der Waals surface area contributed by atoms with Gasteiger partial charge in [0.15, 0.2) is 0 Å². The minimum atomic E-state index is -0.613. The van der Waals surface area contributed by atoms with Crippen LogP contribution in [0.15, 0.2) is 36.5 Å². The van der Waals surface area contributed by atoms with Crippen molar-refractivity contribution in [3.63, 3.8) is 0 Å². The zero-order valence-electron chi connectivity index (χ0n) is 14.7. The molecular weight excluding hydrogens is 292 g/mol. The van der Waals surface area contributed by atoms with Gasteiger partial charge in [0, 0.05) is 12.0 Å². The molecule has 1 aliphatic heterocycles. The minimum absolute atomic E-state index is 0.0260. The molecule has 5 heteroatoms. The molecule has 3 atom stereocenters. The smallest absolute Gasteiger partial charge is 0.408 e. The third kappa shape index (κ3) is 6.30. The number of carbonyl (C=O) groups is 2. The highest BCUT2D eigenvalue weighted by atomic mass is 16.6. The maximum atomic E-state index is 12.1. The molecule has 1 heterocycles. The molecule has 0 spiro atoms. The maximum absolute atomic E-state index is 12.1. The summed E-state index contributed by atoms with van der Waals surface area (Å²) in [5.41, 5.74) is 0.326.